The van der Waals surface area contributed by atoms with Crippen LogP contribution in [0.5, 0.6) is 0 Å². The van der Waals surface area contributed by atoms with E-state index >= 15 is 0 Å². The second-order valence-corrected chi connectivity index (χ2v) is 8.50. The fourth-order valence-electron chi connectivity index (χ4n) is 3.98. The molecule has 7 nitrogen and oxygen atoms in total. The number of para-hydroxylation sites is 2. The Bertz CT molecular complexity index is 784. The quantitative estimate of drug-likeness (QED) is 0.823. The van der Waals surface area contributed by atoms with Gasteiger partial charge in [0.15, 0.2) is 0 Å². The molecule has 1 aromatic carbocycles. The Labute approximate surface area is 173 Å². The van der Waals surface area contributed by atoms with Crippen molar-refractivity contribution in [1.29, 1.82) is 0 Å². The number of benzene rings is 1. The van der Waals surface area contributed by atoms with Crippen LogP contribution in [0, 0.1) is 5.92 Å². The maximum absolute atomic E-state index is 13.5. The predicted octanol–water partition coefficient (Wildman–Crippen LogP) is 2.33. The summed E-state index contributed by atoms with van der Waals surface area (Å²) in [7, 11) is 3.39. The fourth-order valence-corrected chi connectivity index (χ4v) is 3.98. The molecule has 29 heavy (non-hydrogen) atoms. The van der Waals surface area contributed by atoms with Crippen LogP contribution in [0.2, 0.25) is 0 Å². The molecule has 1 atom stereocenters. The van der Waals surface area contributed by atoms with Crippen molar-refractivity contribution in [3.63, 3.8) is 0 Å². The zero-order chi connectivity index (χ0) is 21.2. The third kappa shape index (κ3) is 4.23. The van der Waals surface area contributed by atoms with Crippen LogP contribution in [0.1, 0.15) is 39.5 Å². The van der Waals surface area contributed by atoms with Gasteiger partial charge in [-0.3, -0.25) is 19.3 Å². The van der Waals surface area contributed by atoms with Gasteiger partial charge in [0.25, 0.3) is 5.91 Å². The first-order chi connectivity index (χ1) is 13.8. The van der Waals surface area contributed by atoms with Crippen LogP contribution >= 0.6 is 0 Å². The van der Waals surface area contributed by atoms with E-state index in [0.29, 0.717) is 38.3 Å². The first kappa shape index (κ1) is 21.1. The van der Waals surface area contributed by atoms with Gasteiger partial charge in [0.05, 0.1) is 11.4 Å². The van der Waals surface area contributed by atoms with E-state index in [1.54, 1.807) is 19.0 Å². The highest BCUT2D eigenvalue weighted by molar-refractivity contribution is 6.10. The molecule has 3 amide bonds. The third-order valence-corrected chi connectivity index (χ3v) is 6.21. The Morgan fingerprint density at radius 1 is 1.21 bits per heavy atom. The molecule has 2 heterocycles. The molecule has 158 valence electrons. The molecular weight excluding hydrogens is 368 g/mol. The van der Waals surface area contributed by atoms with E-state index in [9.17, 15) is 14.4 Å². The van der Waals surface area contributed by atoms with E-state index in [2.05, 4.69) is 19.2 Å². The van der Waals surface area contributed by atoms with E-state index in [1.807, 2.05) is 29.2 Å². The molecule has 1 aromatic rings. The van der Waals surface area contributed by atoms with Gasteiger partial charge in [0.2, 0.25) is 11.8 Å². The Morgan fingerprint density at radius 2 is 1.86 bits per heavy atom. The molecule has 2 aliphatic rings. The normalized spacial score (nSPS) is 18.8. The van der Waals surface area contributed by atoms with Crippen LogP contribution in [-0.2, 0) is 14.4 Å². The van der Waals surface area contributed by atoms with Gasteiger partial charge < -0.3 is 15.1 Å². The molecule has 0 bridgehead atoms. The van der Waals surface area contributed by atoms with Crippen molar-refractivity contribution in [2.24, 2.45) is 5.92 Å². The topological polar surface area (TPSA) is 73.0 Å². The summed E-state index contributed by atoms with van der Waals surface area (Å²) in [5, 5.41) is 3.45. The molecule has 1 spiro atoms. The van der Waals surface area contributed by atoms with Gasteiger partial charge in [-0.15, -0.1) is 0 Å². The van der Waals surface area contributed by atoms with Crippen LogP contribution in [0.3, 0.4) is 0 Å². The maximum atomic E-state index is 13.5. The second-order valence-electron chi connectivity index (χ2n) is 8.50. The van der Waals surface area contributed by atoms with Gasteiger partial charge in [-0.2, -0.15) is 0 Å². The molecule has 7 heteroatoms. The lowest BCUT2D eigenvalue weighted by molar-refractivity contribution is -0.136. The molecule has 0 aliphatic carbocycles. The number of rotatable bonds is 5. The molecule has 0 saturated carbocycles. The van der Waals surface area contributed by atoms with Gasteiger partial charge >= 0.3 is 0 Å². The SMILES string of the molecule is CC[C@@H](C)CC(=O)N1CCC2(CC1)Nc1ccccc1N(CC(=O)N(C)C)C2=O. The molecule has 0 unspecified atom stereocenters. The Morgan fingerprint density at radius 3 is 2.48 bits per heavy atom. The summed E-state index contributed by atoms with van der Waals surface area (Å²) in [5.41, 5.74) is 0.820. The van der Waals surface area contributed by atoms with Gasteiger partial charge in [0, 0.05) is 33.6 Å². The molecule has 3 rings (SSSR count). The molecule has 1 fully saturated rings. The number of likely N-dealkylation sites (tertiary alicyclic amines) is 1. The van der Waals surface area contributed by atoms with Crippen molar-refractivity contribution in [1.82, 2.24) is 9.80 Å². The number of hydrogen-bond donors (Lipinski definition) is 1. The van der Waals surface area contributed by atoms with Crippen LogP contribution < -0.4 is 10.2 Å². The second kappa shape index (κ2) is 8.43. The first-order valence-electron chi connectivity index (χ1n) is 10.4. The lowest BCUT2D eigenvalue weighted by Crippen LogP contribution is -2.63. The highest BCUT2D eigenvalue weighted by Crippen LogP contribution is 2.40. The molecule has 1 saturated heterocycles. The number of fused-ring (bicyclic) bond motifs is 1. The van der Waals surface area contributed by atoms with E-state index in [1.165, 1.54) is 4.90 Å². The monoisotopic (exact) mass is 400 g/mol. The largest absolute Gasteiger partial charge is 0.369 e. The summed E-state index contributed by atoms with van der Waals surface area (Å²) in [6.45, 7) is 5.29. The lowest BCUT2D eigenvalue weighted by Gasteiger charge is -2.47. The van der Waals surface area contributed by atoms with Crippen LogP contribution in [0.15, 0.2) is 24.3 Å². The average Bonchev–Trinajstić information content (AvgIpc) is 2.71. The van der Waals surface area contributed by atoms with Crippen LogP contribution in [0.4, 0.5) is 11.4 Å². The van der Waals surface area contributed by atoms with Crippen molar-refractivity contribution < 1.29 is 14.4 Å². The predicted molar refractivity (Wildman–Crippen MR) is 114 cm³/mol. The van der Waals surface area contributed by atoms with E-state index in [4.69, 9.17) is 0 Å². The van der Waals surface area contributed by atoms with Gasteiger partial charge in [0.1, 0.15) is 12.1 Å². The first-order valence-corrected chi connectivity index (χ1v) is 10.4. The van der Waals surface area contributed by atoms with E-state index in [-0.39, 0.29) is 24.3 Å². The fraction of sp³-hybridized carbons (Fsp3) is 0.591. The zero-order valence-electron chi connectivity index (χ0n) is 17.9. The lowest BCUT2D eigenvalue weighted by atomic mass is 9.83. The minimum absolute atomic E-state index is 0.0168. The number of hydrogen-bond acceptors (Lipinski definition) is 4. The van der Waals surface area contributed by atoms with Crippen molar-refractivity contribution in [2.75, 3.05) is 43.9 Å². The number of carbonyl (C=O) groups excluding carboxylic acids is 3. The summed E-state index contributed by atoms with van der Waals surface area (Å²) in [6.07, 6.45) is 2.62. The summed E-state index contributed by atoms with van der Waals surface area (Å²) >= 11 is 0. The Balaban J connectivity index is 1.79. The highest BCUT2D eigenvalue weighted by atomic mass is 16.2. The van der Waals surface area contributed by atoms with Gasteiger partial charge in [-0.05, 0) is 30.9 Å². The maximum Gasteiger partial charge on any atom is 0.253 e. The van der Waals surface area contributed by atoms with Crippen LogP contribution in [-0.4, -0.2) is 66.8 Å². The molecule has 0 aromatic heterocycles. The number of nitrogens with zero attached hydrogens (tertiary/aromatic N) is 3. The van der Waals surface area contributed by atoms with Crippen LogP contribution in [0.25, 0.3) is 0 Å². The van der Waals surface area contributed by atoms with Crippen molar-refractivity contribution in [3.05, 3.63) is 24.3 Å². The summed E-state index contributed by atoms with van der Waals surface area (Å²) in [4.78, 5) is 43.4. The van der Waals surface area contributed by atoms with Crippen molar-refractivity contribution >= 4 is 29.1 Å². The Kier molecular flexibility index (Phi) is 6.15. The van der Waals surface area contributed by atoms with E-state index < -0.39 is 5.54 Å². The number of amides is 3. The summed E-state index contributed by atoms with van der Waals surface area (Å²) in [6, 6.07) is 7.60. The summed E-state index contributed by atoms with van der Waals surface area (Å²) in [5.74, 6) is 0.330. The third-order valence-electron chi connectivity index (χ3n) is 6.21. The minimum Gasteiger partial charge on any atom is -0.369 e. The molecular formula is C22H32N4O3. The van der Waals surface area contributed by atoms with E-state index in [0.717, 1.165) is 17.8 Å². The highest BCUT2D eigenvalue weighted by Gasteiger charge is 2.48. The summed E-state index contributed by atoms with van der Waals surface area (Å²) < 4.78 is 0. The van der Waals surface area contributed by atoms with Gasteiger partial charge in [-0.1, -0.05) is 32.4 Å². The molecule has 0 radical (unpaired) electrons. The number of likely N-dealkylation sites (N-methyl/N-ethyl adjacent to an activating group) is 1. The number of carbonyl (C=O) groups is 3. The number of piperidine rings is 1. The minimum atomic E-state index is -0.770. The number of nitrogens with one attached hydrogen (secondary N) is 1. The van der Waals surface area contributed by atoms with Gasteiger partial charge in [-0.25, -0.2) is 0 Å². The number of anilines is 2. The smallest absolute Gasteiger partial charge is 0.253 e. The van der Waals surface area contributed by atoms with Crippen molar-refractivity contribution in [3.8, 4) is 0 Å². The Hall–Kier alpha value is -2.57. The standard InChI is InChI=1S/C22H32N4O3/c1-5-16(2)14-19(27)25-12-10-22(11-13-25)21(29)26(15-20(28)24(3)4)18-9-7-6-8-17(18)23-22/h6-9,16,23H,5,10-15H2,1-4H3/t16-/m1/s1. The zero-order valence-corrected chi connectivity index (χ0v) is 17.9. The van der Waals surface area contributed by atoms with Crippen molar-refractivity contribution in [2.45, 2.75) is 45.1 Å². The average molecular weight is 401 g/mol. The molecule has 2 aliphatic heterocycles. The molecule has 1 N–H and O–H groups in total.